The number of aliphatic carboxylic acids is 1. The van der Waals surface area contributed by atoms with Crippen LogP contribution in [0, 0.1) is 5.92 Å². The number of nitrogens with one attached hydrogen (secondary N) is 4. The number of carboxylic acids is 3. The molecule has 0 radical (unpaired) electrons. The van der Waals surface area contributed by atoms with Gasteiger partial charge in [-0.1, -0.05) is 88.1 Å². The monoisotopic (exact) mass is 1660 g/mol. The molecule has 7 N–H and O–H groups in total. The zero-order valence-electron chi connectivity index (χ0n) is 67.5. The molecular formula is C92H99N11O17S. The molecule has 121 heavy (non-hydrogen) atoms. The summed E-state index contributed by atoms with van der Waals surface area (Å²) in [6.45, 7) is 4.16. The number of benzene rings is 5. The molecule has 6 aliphatic rings. The van der Waals surface area contributed by atoms with E-state index in [9.17, 15) is 62.1 Å². The Balaban J connectivity index is 0.000000136. The lowest BCUT2D eigenvalue weighted by molar-refractivity contribution is -0.145. The van der Waals surface area contributed by atoms with Crippen molar-refractivity contribution in [2.45, 2.75) is 163 Å². The van der Waals surface area contributed by atoms with Gasteiger partial charge in [0.15, 0.2) is 0 Å². The van der Waals surface area contributed by atoms with E-state index in [2.05, 4.69) is 25.2 Å². The molecule has 7 aromatic heterocycles. The average Bonchev–Trinajstić information content (AvgIpc) is 1.59. The third-order valence-electron chi connectivity index (χ3n) is 25.2. The number of carbonyl (C=O) groups is 8. The topological polar surface area (TPSA) is 367 Å². The summed E-state index contributed by atoms with van der Waals surface area (Å²) in [5.74, 6) is -3.29. The van der Waals surface area contributed by atoms with Crippen molar-refractivity contribution in [3.63, 3.8) is 0 Å². The summed E-state index contributed by atoms with van der Waals surface area (Å²) >= 11 is 0. The first kappa shape index (κ1) is 82.4. The van der Waals surface area contributed by atoms with E-state index in [-0.39, 0.29) is 58.4 Å². The number of likely N-dealkylation sites (tertiary alicyclic amines) is 1. The van der Waals surface area contributed by atoms with Crippen LogP contribution in [0.4, 0.5) is 5.69 Å². The average molecular weight is 1660 g/mol. The molecule has 3 aliphatic carbocycles. The molecule has 18 rings (SSSR count). The highest BCUT2D eigenvalue weighted by atomic mass is 32.2. The number of sulfonamides is 1. The fraction of sp³-hybridized carbons (Fsp3) is 0.380. The van der Waals surface area contributed by atoms with Gasteiger partial charge in [-0.05, 0) is 197 Å². The van der Waals surface area contributed by atoms with E-state index in [1.807, 2.05) is 57.7 Å². The van der Waals surface area contributed by atoms with Gasteiger partial charge in [-0.2, -0.15) is 0 Å². The third-order valence-corrected chi connectivity index (χ3v) is 26.5. The van der Waals surface area contributed by atoms with Gasteiger partial charge in [0.25, 0.3) is 21.8 Å². The second kappa shape index (κ2) is 35.9. The van der Waals surface area contributed by atoms with E-state index in [1.54, 1.807) is 126 Å². The quantitative estimate of drug-likeness (QED) is 0.0373. The number of carbonyl (C=O) groups excluding carboxylic acids is 5. The number of furan rings is 3. The number of hydrogen-bond donors (Lipinski definition) is 7. The summed E-state index contributed by atoms with van der Waals surface area (Å²) in [5, 5.41) is 40.4. The highest BCUT2D eigenvalue weighted by Gasteiger charge is 2.42. The summed E-state index contributed by atoms with van der Waals surface area (Å²) in [5.41, 5.74) is 11.1. The predicted molar refractivity (Wildman–Crippen MR) is 454 cm³/mol. The number of hydrogen-bond acceptors (Lipinski definition) is 16. The molecule has 5 amide bonds. The van der Waals surface area contributed by atoms with Crippen LogP contribution in [-0.2, 0) is 54.1 Å². The van der Waals surface area contributed by atoms with Crippen molar-refractivity contribution in [1.82, 2.24) is 48.4 Å². The van der Waals surface area contributed by atoms with Crippen molar-refractivity contribution in [2.24, 2.45) is 13.0 Å². The van der Waals surface area contributed by atoms with Gasteiger partial charge in [0.05, 0.1) is 99.9 Å². The Bertz CT molecular complexity index is 5940. The lowest BCUT2D eigenvalue weighted by atomic mass is 9.82. The molecule has 29 heteroatoms. The Hall–Kier alpha value is -12.3. The van der Waals surface area contributed by atoms with Gasteiger partial charge in [-0.15, -0.1) is 0 Å². The van der Waals surface area contributed by atoms with Gasteiger partial charge in [-0.25, -0.2) is 27.7 Å². The summed E-state index contributed by atoms with van der Waals surface area (Å²) in [7, 11) is -2.36. The fourth-order valence-corrected chi connectivity index (χ4v) is 19.9. The Labute approximate surface area is 698 Å². The van der Waals surface area contributed by atoms with Gasteiger partial charge >= 0.3 is 17.9 Å². The van der Waals surface area contributed by atoms with Crippen molar-refractivity contribution >= 4 is 107 Å². The van der Waals surface area contributed by atoms with Gasteiger partial charge in [-0.3, -0.25) is 28.8 Å². The Kier molecular flexibility index (Phi) is 24.4. The number of rotatable bonds is 20. The minimum atomic E-state index is -4.05. The number of carboxylic acid groups (broad SMARTS) is 3. The van der Waals surface area contributed by atoms with Gasteiger partial charge in [0.1, 0.15) is 36.4 Å². The highest BCUT2D eigenvalue weighted by Crippen LogP contribution is 2.47. The number of amides is 5. The maximum Gasteiger partial charge on any atom is 0.352 e. The Morgan fingerprint density at radius 1 is 0.537 bits per heavy atom. The van der Waals surface area contributed by atoms with Crippen molar-refractivity contribution in [2.75, 3.05) is 57.8 Å². The van der Waals surface area contributed by atoms with E-state index < -0.39 is 45.3 Å². The molecule has 3 aliphatic heterocycles. The van der Waals surface area contributed by atoms with E-state index >= 15 is 0 Å². The van der Waals surface area contributed by atoms with Crippen LogP contribution in [0.5, 0.6) is 0 Å². The normalized spacial score (nSPS) is 17.1. The molecule has 5 aromatic carbocycles. The summed E-state index contributed by atoms with van der Waals surface area (Å²) < 4.78 is 57.5. The van der Waals surface area contributed by atoms with Crippen molar-refractivity contribution in [3.05, 3.63) is 198 Å². The van der Waals surface area contributed by atoms with Crippen LogP contribution in [0.15, 0.2) is 183 Å². The zero-order chi connectivity index (χ0) is 84.1. The maximum absolute atomic E-state index is 13.9. The van der Waals surface area contributed by atoms with Crippen LogP contribution < -0.4 is 20.7 Å². The number of aryl methyl sites for hydroxylation is 1. The van der Waals surface area contributed by atoms with Crippen LogP contribution in [0.25, 0.3) is 77.6 Å². The standard InChI is InChI=1S/C34H36N6O5.C31H33N3O6S.C27H30N2O6/c1-39-27-10-8-24(17-23(27)19-29(39)32(42)43)36-33(44)34(12-14-35-15-13-34)38-31(41)21-7-9-28-26(18-21)37-30(22-11-16-45-20-22)40(28)25-5-3-2-4-6-25;35-28(33-14-17-39-18-15-33)20-34-27-19-23(31(36)32-41(37,38)25-9-5-2-6-10-25)11-12-26(27)29(22-7-3-1-4-8-22)30(34)24-13-16-40-21-24;30-23(28-11-8-18(9-12-28)26(31)32)15-29-22-14-19(27(33)34)6-7-21(22)24(17-4-2-1-3-5-17)25(29)20-10-13-35-16-20/h7-11,16-20,25,35H,2-6,12-15H2,1H3,(H,36,44)(H,38,41)(H,42,43);2,5-6,9-13,16,19,21-22H,1,3-4,7-8,14-15,17-18,20H2,(H,32,36);6-7,10,13-14,16-18H,1-5,8-9,11-12,15H2,(H,31,32)(H,33,34). The largest absolute Gasteiger partial charge is 0.481 e. The Morgan fingerprint density at radius 3 is 1.62 bits per heavy atom. The van der Waals surface area contributed by atoms with E-state index in [0.29, 0.717) is 118 Å². The third kappa shape index (κ3) is 17.4. The number of ether oxygens (including phenoxy) is 1. The molecule has 0 spiro atoms. The zero-order valence-corrected chi connectivity index (χ0v) is 68.3. The molecule has 12 aromatic rings. The van der Waals surface area contributed by atoms with Crippen molar-refractivity contribution < 1.29 is 80.1 Å². The van der Waals surface area contributed by atoms with Crippen LogP contribution in [0.3, 0.4) is 0 Å². The van der Waals surface area contributed by atoms with Crippen LogP contribution in [0.1, 0.15) is 193 Å². The minimum Gasteiger partial charge on any atom is -0.481 e. The molecule has 10 heterocycles. The second-order valence-corrected chi connectivity index (χ2v) is 34.3. The lowest BCUT2D eigenvalue weighted by Gasteiger charge is -2.37. The van der Waals surface area contributed by atoms with Gasteiger partial charge in [0, 0.05) is 88.9 Å². The van der Waals surface area contributed by atoms with Crippen molar-refractivity contribution in [3.8, 4) is 33.9 Å². The SMILES string of the molecule is Cn1c(C(=O)O)cc2cc(NC(=O)C3(NC(=O)c4ccc5c(c4)nc(-c4ccoc4)n5C4CCCCC4)CCNCC3)ccc21.O=C(NS(=O)(=O)c1ccccc1)c1ccc2c(C3CCCCC3)c(-c3ccoc3)n(CC(=O)N3CCOCC3)c2c1.O=C(O)c1ccc2c(C3CCCCC3)c(-c3ccoc3)n(CC(=O)N3CCC(C(=O)O)CC3)c2c1. The summed E-state index contributed by atoms with van der Waals surface area (Å²) in [6.07, 6.45) is 28.6. The van der Waals surface area contributed by atoms with E-state index in [1.165, 1.54) is 44.2 Å². The van der Waals surface area contributed by atoms with Gasteiger partial charge < -0.3 is 77.3 Å². The highest BCUT2D eigenvalue weighted by molar-refractivity contribution is 7.90. The number of nitrogens with zero attached hydrogens (tertiary/aromatic N) is 7. The first-order valence-electron chi connectivity index (χ1n) is 42.0. The maximum atomic E-state index is 13.9. The number of morpholine rings is 1. The molecule has 630 valence electrons. The summed E-state index contributed by atoms with van der Waals surface area (Å²) in [4.78, 5) is 111. The smallest absolute Gasteiger partial charge is 0.352 e. The van der Waals surface area contributed by atoms with E-state index in [0.717, 1.165) is 142 Å². The molecule has 0 unspecified atom stereocenters. The number of piperidine rings is 2. The summed E-state index contributed by atoms with van der Waals surface area (Å²) in [6, 6.07) is 36.7. The lowest BCUT2D eigenvalue weighted by Crippen LogP contribution is -2.61. The van der Waals surface area contributed by atoms with Crippen LogP contribution >= 0.6 is 0 Å². The van der Waals surface area contributed by atoms with E-state index in [4.69, 9.17) is 23.0 Å². The Morgan fingerprint density at radius 2 is 1.07 bits per heavy atom. The molecule has 6 fully saturated rings. The molecule has 0 bridgehead atoms. The first-order valence-corrected chi connectivity index (χ1v) is 43.5. The number of aromatic carboxylic acids is 2. The molecule has 0 atom stereocenters. The predicted octanol–water partition coefficient (Wildman–Crippen LogP) is 15.4. The fourth-order valence-electron chi connectivity index (χ4n) is 18.9. The molecule has 3 saturated carbocycles. The number of imidazole rings is 1. The molecular weight excluding hydrogens is 1560 g/mol. The van der Waals surface area contributed by atoms with Crippen molar-refractivity contribution in [1.29, 1.82) is 0 Å². The number of fused-ring (bicyclic) bond motifs is 4. The molecule has 28 nitrogen and oxygen atoms in total. The second-order valence-electron chi connectivity index (χ2n) is 32.6. The number of anilines is 1. The minimum absolute atomic E-state index is 0.00994. The number of aromatic nitrogens is 5. The molecule has 3 saturated heterocycles. The first-order chi connectivity index (χ1) is 58.7. The van der Waals surface area contributed by atoms with Gasteiger partial charge in [0.2, 0.25) is 17.7 Å². The van der Waals surface area contributed by atoms with Crippen LogP contribution in [-0.4, -0.2) is 162 Å². The van der Waals surface area contributed by atoms with Crippen LogP contribution in [0.2, 0.25) is 0 Å².